The average molecular weight is 417 g/mol. The molecule has 0 radical (unpaired) electrons. The van der Waals surface area contributed by atoms with Gasteiger partial charge in [-0.1, -0.05) is 27.7 Å². The van der Waals surface area contributed by atoms with Crippen molar-refractivity contribution in [2.75, 3.05) is 6.61 Å². The normalized spacial score (nSPS) is 46.6. The van der Waals surface area contributed by atoms with Gasteiger partial charge in [-0.25, -0.2) is 0 Å². The van der Waals surface area contributed by atoms with Crippen molar-refractivity contribution in [3.05, 3.63) is 0 Å². The van der Waals surface area contributed by atoms with E-state index in [9.17, 15) is 14.4 Å². The van der Waals surface area contributed by atoms with E-state index in [4.69, 9.17) is 4.74 Å². The highest BCUT2D eigenvalue weighted by molar-refractivity contribution is 5.88. The molecule has 0 aromatic carbocycles. The van der Waals surface area contributed by atoms with Crippen LogP contribution in [0.1, 0.15) is 86.0 Å². The molecular formula is C26H40O4. The molecule has 4 aliphatic carbocycles. The first-order valence-corrected chi connectivity index (χ1v) is 12.3. The monoisotopic (exact) mass is 416 g/mol. The van der Waals surface area contributed by atoms with Crippen LogP contribution >= 0.6 is 0 Å². The van der Waals surface area contributed by atoms with Crippen LogP contribution in [0.2, 0.25) is 0 Å². The number of carbonyl (C=O) groups excluding carboxylic acids is 3. The van der Waals surface area contributed by atoms with Crippen LogP contribution in [-0.2, 0) is 19.1 Å². The van der Waals surface area contributed by atoms with Crippen molar-refractivity contribution in [2.45, 2.75) is 86.0 Å². The van der Waals surface area contributed by atoms with Crippen molar-refractivity contribution in [3.8, 4) is 0 Å². The van der Waals surface area contributed by atoms with Crippen LogP contribution in [0.5, 0.6) is 0 Å². The summed E-state index contributed by atoms with van der Waals surface area (Å²) in [5, 5.41) is 0. The molecule has 4 aliphatic rings. The molecule has 4 saturated carbocycles. The number of ketones is 2. The Balaban J connectivity index is 1.63. The second kappa shape index (κ2) is 7.74. The fourth-order valence-corrected chi connectivity index (χ4v) is 8.78. The topological polar surface area (TPSA) is 60.4 Å². The summed E-state index contributed by atoms with van der Waals surface area (Å²) in [6.45, 7) is 11.2. The minimum atomic E-state index is -0.204. The van der Waals surface area contributed by atoms with Crippen LogP contribution in [0.4, 0.5) is 0 Å². The maximum absolute atomic E-state index is 13.9. The summed E-state index contributed by atoms with van der Waals surface area (Å²) in [6.07, 6.45) is 7.68. The summed E-state index contributed by atoms with van der Waals surface area (Å²) < 4.78 is 5.36. The van der Waals surface area contributed by atoms with E-state index in [-0.39, 0.29) is 34.6 Å². The zero-order valence-corrected chi connectivity index (χ0v) is 19.5. The number of hydrogen-bond donors (Lipinski definition) is 0. The molecule has 9 atom stereocenters. The second-order valence-corrected chi connectivity index (χ2v) is 11.5. The molecule has 0 spiro atoms. The van der Waals surface area contributed by atoms with Gasteiger partial charge >= 0.3 is 5.97 Å². The third-order valence-electron chi connectivity index (χ3n) is 10.3. The van der Waals surface area contributed by atoms with Gasteiger partial charge in [-0.05, 0) is 78.9 Å². The van der Waals surface area contributed by atoms with E-state index in [1.165, 1.54) is 6.92 Å². The van der Waals surface area contributed by atoms with Gasteiger partial charge in [0.2, 0.25) is 0 Å². The molecule has 4 nitrogen and oxygen atoms in total. The summed E-state index contributed by atoms with van der Waals surface area (Å²) in [6, 6.07) is 0. The second-order valence-electron chi connectivity index (χ2n) is 11.5. The molecule has 0 aromatic heterocycles. The lowest BCUT2D eigenvalue weighted by atomic mass is 9.42. The molecular weight excluding hydrogens is 376 g/mol. The summed E-state index contributed by atoms with van der Waals surface area (Å²) in [7, 11) is 0. The largest absolute Gasteiger partial charge is 0.466 e. The lowest BCUT2D eigenvalue weighted by Crippen LogP contribution is -2.60. The fourth-order valence-electron chi connectivity index (χ4n) is 8.78. The summed E-state index contributed by atoms with van der Waals surface area (Å²) in [5.41, 5.74) is 0.290. The molecule has 4 heteroatoms. The Hall–Kier alpha value is -1.19. The van der Waals surface area contributed by atoms with Crippen LogP contribution in [-0.4, -0.2) is 24.1 Å². The molecule has 30 heavy (non-hydrogen) atoms. The first-order valence-electron chi connectivity index (χ1n) is 12.3. The molecule has 0 aromatic rings. The number of fused-ring (bicyclic) bond motifs is 5. The molecule has 0 heterocycles. The molecule has 3 unspecified atom stereocenters. The number of ether oxygens (including phenoxy) is 1. The van der Waals surface area contributed by atoms with Gasteiger partial charge < -0.3 is 4.74 Å². The van der Waals surface area contributed by atoms with Crippen LogP contribution in [0.15, 0.2) is 0 Å². The van der Waals surface area contributed by atoms with Crippen molar-refractivity contribution in [1.29, 1.82) is 0 Å². The van der Waals surface area contributed by atoms with Crippen LogP contribution in [0, 0.1) is 52.3 Å². The number of hydrogen-bond acceptors (Lipinski definition) is 4. The van der Waals surface area contributed by atoms with Gasteiger partial charge in [-0.2, -0.15) is 0 Å². The molecule has 4 rings (SSSR count). The summed E-state index contributed by atoms with van der Waals surface area (Å²) in [4.78, 5) is 37.5. The van der Waals surface area contributed by atoms with E-state index in [0.29, 0.717) is 54.7 Å². The van der Waals surface area contributed by atoms with Gasteiger partial charge in [-0.3, -0.25) is 14.4 Å². The highest BCUT2D eigenvalue weighted by Crippen LogP contribution is 2.68. The van der Waals surface area contributed by atoms with Gasteiger partial charge in [0.05, 0.1) is 6.61 Å². The minimum Gasteiger partial charge on any atom is -0.466 e. The maximum atomic E-state index is 13.9. The SMILES string of the molecule is CC[C@@H]1C(=O)C2C3CC[C@H]([C@H](C)COC(C)=O)[C@@]3(C)CCC2[C@@]2(C)CCC(=O)C[C@@H]12. The van der Waals surface area contributed by atoms with E-state index in [2.05, 4.69) is 27.7 Å². The highest BCUT2D eigenvalue weighted by Gasteiger charge is 2.65. The van der Waals surface area contributed by atoms with E-state index >= 15 is 0 Å². The van der Waals surface area contributed by atoms with E-state index in [1.807, 2.05) is 0 Å². The van der Waals surface area contributed by atoms with Crippen molar-refractivity contribution >= 4 is 17.5 Å². The predicted molar refractivity (Wildman–Crippen MR) is 116 cm³/mol. The van der Waals surface area contributed by atoms with Gasteiger partial charge in [-0.15, -0.1) is 0 Å². The van der Waals surface area contributed by atoms with Crippen molar-refractivity contribution in [2.24, 2.45) is 52.3 Å². The van der Waals surface area contributed by atoms with Crippen molar-refractivity contribution in [1.82, 2.24) is 0 Å². The van der Waals surface area contributed by atoms with Gasteiger partial charge in [0.1, 0.15) is 11.6 Å². The molecule has 0 N–H and O–H groups in total. The third-order valence-corrected chi connectivity index (χ3v) is 10.3. The Kier molecular flexibility index (Phi) is 5.68. The number of Topliss-reactive ketones (excluding diaryl/α,β-unsaturated/α-hetero) is 2. The quantitative estimate of drug-likeness (QED) is 0.589. The maximum Gasteiger partial charge on any atom is 0.302 e. The van der Waals surface area contributed by atoms with Gasteiger partial charge in [0.25, 0.3) is 0 Å². The highest BCUT2D eigenvalue weighted by atomic mass is 16.5. The van der Waals surface area contributed by atoms with E-state index in [1.54, 1.807) is 0 Å². The standard InChI is InChI=1S/C26H40O4/c1-6-18-22-13-17(28)9-11-26(22,5)21-10-12-25(4)19(15(2)14-30-16(3)27)7-8-20(25)23(21)24(18)29/h15,18-23H,6-14H2,1-5H3/t15-,18+,19-,20?,21?,22+,23?,25-,26-/m1/s1. The van der Waals surface area contributed by atoms with E-state index < -0.39 is 0 Å². The number of esters is 1. The van der Waals surface area contributed by atoms with Crippen molar-refractivity contribution in [3.63, 3.8) is 0 Å². The molecule has 4 fully saturated rings. The average Bonchev–Trinajstić information content (AvgIpc) is 3.05. The molecule has 0 amide bonds. The molecule has 168 valence electrons. The summed E-state index contributed by atoms with van der Waals surface area (Å²) in [5.74, 6) is 2.82. The minimum absolute atomic E-state index is 0.0559. The molecule has 0 saturated heterocycles. The third kappa shape index (κ3) is 3.19. The molecule has 0 bridgehead atoms. The lowest BCUT2D eigenvalue weighted by molar-refractivity contribution is -0.170. The number of rotatable bonds is 4. The van der Waals surface area contributed by atoms with Crippen LogP contribution < -0.4 is 0 Å². The Morgan fingerprint density at radius 3 is 2.43 bits per heavy atom. The lowest BCUT2D eigenvalue weighted by Gasteiger charge is -2.61. The molecule has 0 aliphatic heterocycles. The zero-order chi connectivity index (χ0) is 21.8. The fraction of sp³-hybridized carbons (Fsp3) is 0.885. The number of carbonyl (C=O) groups is 3. The summed E-state index contributed by atoms with van der Waals surface area (Å²) >= 11 is 0. The first-order chi connectivity index (χ1) is 14.1. The van der Waals surface area contributed by atoms with Gasteiger partial charge in [0, 0.05) is 31.6 Å². The van der Waals surface area contributed by atoms with Crippen LogP contribution in [0.3, 0.4) is 0 Å². The Labute approximate surface area is 181 Å². The van der Waals surface area contributed by atoms with Crippen LogP contribution in [0.25, 0.3) is 0 Å². The smallest absolute Gasteiger partial charge is 0.302 e. The Bertz CT molecular complexity index is 729. The Morgan fingerprint density at radius 2 is 1.77 bits per heavy atom. The first kappa shape index (κ1) is 22.0. The van der Waals surface area contributed by atoms with E-state index in [0.717, 1.165) is 38.5 Å². The zero-order valence-electron chi connectivity index (χ0n) is 19.5. The predicted octanol–water partition coefficient (Wildman–Crippen LogP) is 5.23. The van der Waals surface area contributed by atoms with Crippen molar-refractivity contribution < 1.29 is 19.1 Å². The Morgan fingerprint density at radius 1 is 1.07 bits per heavy atom. The van der Waals surface area contributed by atoms with Gasteiger partial charge in [0.15, 0.2) is 0 Å².